The van der Waals surface area contributed by atoms with Gasteiger partial charge in [0.25, 0.3) is 0 Å². The average molecular weight is 234 g/mol. The zero-order chi connectivity index (χ0) is 12.7. The summed E-state index contributed by atoms with van der Waals surface area (Å²) in [5, 5.41) is 2.62. The van der Waals surface area contributed by atoms with Gasteiger partial charge in [-0.2, -0.15) is 0 Å². The van der Waals surface area contributed by atoms with Crippen molar-refractivity contribution in [3.63, 3.8) is 0 Å². The number of nitrogens with one attached hydrogen (secondary N) is 1. The number of urea groups is 1. The normalized spacial score (nSPS) is 9.76. The maximum absolute atomic E-state index is 11.7. The molecule has 92 valence electrons. The van der Waals surface area contributed by atoms with E-state index < -0.39 is 0 Å². The predicted molar refractivity (Wildman–Crippen MR) is 67.1 cm³/mol. The third-order valence-electron chi connectivity index (χ3n) is 2.55. The van der Waals surface area contributed by atoms with Crippen molar-refractivity contribution in [2.24, 2.45) is 0 Å². The Labute approximate surface area is 102 Å². The van der Waals surface area contributed by atoms with Crippen molar-refractivity contribution in [1.29, 1.82) is 0 Å². The van der Waals surface area contributed by atoms with Crippen molar-refractivity contribution in [2.75, 3.05) is 19.6 Å². The maximum atomic E-state index is 11.7. The van der Waals surface area contributed by atoms with Crippen LogP contribution in [0.2, 0.25) is 0 Å². The van der Waals surface area contributed by atoms with Gasteiger partial charge in [-0.05, 0) is 13.8 Å². The first-order valence-corrected chi connectivity index (χ1v) is 5.80. The lowest BCUT2D eigenvalue weighted by Gasteiger charge is -2.18. The molecule has 0 fully saturated rings. The summed E-state index contributed by atoms with van der Waals surface area (Å²) in [4.78, 5) is 25.0. The van der Waals surface area contributed by atoms with Crippen molar-refractivity contribution in [1.82, 2.24) is 10.2 Å². The molecule has 0 unspecified atom stereocenters. The average Bonchev–Trinajstić information content (AvgIpc) is 2.38. The molecular formula is C13H18N2O2. The Balaban J connectivity index is 2.46. The monoisotopic (exact) mass is 234 g/mol. The molecule has 1 N–H and O–H groups in total. The van der Waals surface area contributed by atoms with Crippen molar-refractivity contribution < 1.29 is 9.59 Å². The number of nitrogens with zero attached hydrogens (tertiary/aromatic N) is 1. The minimum Gasteiger partial charge on any atom is -0.331 e. The van der Waals surface area contributed by atoms with E-state index in [1.54, 1.807) is 29.2 Å². The zero-order valence-electron chi connectivity index (χ0n) is 10.3. The van der Waals surface area contributed by atoms with E-state index in [4.69, 9.17) is 0 Å². The molecule has 0 aromatic heterocycles. The number of rotatable bonds is 5. The lowest BCUT2D eigenvalue weighted by Crippen LogP contribution is -2.41. The molecule has 1 rings (SSSR count). The summed E-state index contributed by atoms with van der Waals surface area (Å²) in [6.07, 6.45) is 0. The second-order valence-electron chi connectivity index (χ2n) is 3.62. The Morgan fingerprint density at radius 1 is 1.12 bits per heavy atom. The van der Waals surface area contributed by atoms with Crippen LogP contribution in [-0.2, 0) is 0 Å². The quantitative estimate of drug-likeness (QED) is 0.791. The summed E-state index contributed by atoms with van der Waals surface area (Å²) in [6, 6.07) is 8.75. The topological polar surface area (TPSA) is 49.4 Å². The van der Waals surface area contributed by atoms with Gasteiger partial charge < -0.3 is 10.2 Å². The first-order chi connectivity index (χ1) is 8.19. The molecule has 2 amide bonds. The van der Waals surface area contributed by atoms with Gasteiger partial charge >= 0.3 is 6.03 Å². The van der Waals surface area contributed by atoms with E-state index in [1.807, 2.05) is 19.9 Å². The minimum atomic E-state index is -0.195. The Morgan fingerprint density at radius 2 is 1.71 bits per heavy atom. The molecule has 1 aromatic rings. The Hall–Kier alpha value is -1.84. The van der Waals surface area contributed by atoms with Crippen molar-refractivity contribution >= 4 is 11.8 Å². The van der Waals surface area contributed by atoms with Crippen LogP contribution in [0.5, 0.6) is 0 Å². The molecule has 4 heteroatoms. The van der Waals surface area contributed by atoms with Crippen LogP contribution < -0.4 is 5.32 Å². The van der Waals surface area contributed by atoms with Crippen LogP contribution in [0.15, 0.2) is 30.3 Å². The third-order valence-corrected chi connectivity index (χ3v) is 2.55. The van der Waals surface area contributed by atoms with Crippen LogP contribution in [0.4, 0.5) is 4.79 Å². The second kappa shape index (κ2) is 6.68. The SMILES string of the molecule is CCN(CC)C(=O)NCC(=O)c1ccccc1. The maximum Gasteiger partial charge on any atom is 0.317 e. The highest BCUT2D eigenvalue weighted by Crippen LogP contribution is 1.99. The molecule has 0 aliphatic carbocycles. The summed E-state index contributed by atoms with van der Waals surface area (Å²) in [6.45, 7) is 5.13. The van der Waals surface area contributed by atoms with Crippen molar-refractivity contribution in [3.05, 3.63) is 35.9 Å². The van der Waals surface area contributed by atoms with Gasteiger partial charge in [0.1, 0.15) is 0 Å². The van der Waals surface area contributed by atoms with Crippen LogP contribution >= 0.6 is 0 Å². The number of benzene rings is 1. The largest absolute Gasteiger partial charge is 0.331 e. The van der Waals surface area contributed by atoms with Gasteiger partial charge in [-0.25, -0.2) is 4.79 Å². The molecule has 4 nitrogen and oxygen atoms in total. The van der Waals surface area contributed by atoms with Gasteiger partial charge in [-0.15, -0.1) is 0 Å². The van der Waals surface area contributed by atoms with Crippen molar-refractivity contribution in [3.8, 4) is 0 Å². The highest BCUT2D eigenvalue weighted by molar-refractivity contribution is 5.99. The Morgan fingerprint density at radius 3 is 2.24 bits per heavy atom. The minimum absolute atomic E-state index is 0.0410. The van der Waals surface area contributed by atoms with Crippen LogP contribution in [0.3, 0.4) is 0 Å². The second-order valence-corrected chi connectivity index (χ2v) is 3.62. The van der Waals surface area contributed by atoms with Crippen LogP contribution in [0, 0.1) is 0 Å². The zero-order valence-corrected chi connectivity index (χ0v) is 10.3. The van der Waals surface area contributed by atoms with E-state index in [-0.39, 0.29) is 18.4 Å². The summed E-state index contributed by atoms with van der Waals surface area (Å²) < 4.78 is 0. The van der Waals surface area contributed by atoms with Gasteiger partial charge in [0.05, 0.1) is 6.54 Å². The lowest BCUT2D eigenvalue weighted by atomic mass is 10.1. The smallest absolute Gasteiger partial charge is 0.317 e. The fourth-order valence-corrected chi connectivity index (χ4v) is 1.50. The molecule has 0 aliphatic heterocycles. The lowest BCUT2D eigenvalue weighted by molar-refractivity contribution is 0.0989. The molecule has 1 aromatic carbocycles. The van der Waals surface area contributed by atoms with Gasteiger partial charge in [-0.3, -0.25) is 4.79 Å². The number of Topliss-reactive ketones (excluding diaryl/α,β-unsaturated/α-hetero) is 1. The first-order valence-electron chi connectivity index (χ1n) is 5.80. The molecule has 0 heterocycles. The summed E-state index contributed by atoms with van der Waals surface area (Å²) in [5.74, 6) is -0.0777. The molecule has 17 heavy (non-hydrogen) atoms. The highest BCUT2D eigenvalue weighted by atomic mass is 16.2. The van der Waals surface area contributed by atoms with Gasteiger partial charge in [0, 0.05) is 18.7 Å². The molecular weight excluding hydrogens is 216 g/mol. The van der Waals surface area contributed by atoms with Gasteiger partial charge in [0.2, 0.25) is 0 Å². The fourth-order valence-electron chi connectivity index (χ4n) is 1.50. The molecule has 0 spiro atoms. The van der Waals surface area contributed by atoms with Gasteiger partial charge in [0.15, 0.2) is 5.78 Å². The fraction of sp³-hybridized carbons (Fsp3) is 0.385. The van der Waals surface area contributed by atoms with Crippen LogP contribution in [0.25, 0.3) is 0 Å². The molecule has 0 radical (unpaired) electrons. The third kappa shape index (κ3) is 3.90. The number of hydrogen-bond acceptors (Lipinski definition) is 2. The highest BCUT2D eigenvalue weighted by Gasteiger charge is 2.11. The number of hydrogen-bond donors (Lipinski definition) is 1. The van der Waals surface area contributed by atoms with E-state index >= 15 is 0 Å². The molecule has 0 bridgehead atoms. The van der Waals surface area contributed by atoms with Crippen LogP contribution in [0.1, 0.15) is 24.2 Å². The molecule has 0 saturated heterocycles. The van der Waals surface area contributed by atoms with E-state index in [0.717, 1.165) is 0 Å². The van der Waals surface area contributed by atoms with E-state index in [0.29, 0.717) is 18.7 Å². The standard InChI is InChI=1S/C13H18N2O2/c1-3-15(4-2)13(17)14-10-12(16)11-8-6-5-7-9-11/h5-9H,3-4,10H2,1-2H3,(H,14,17). The first kappa shape index (κ1) is 13.2. The molecule has 0 aliphatic rings. The summed E-state index contributed by atoms with van der Waals surface area (Å²) >= 11 is 0. The predicted octanol–water partition coefficient (Wildman–Crippen LogP) is 1.92. The summed E-state index contributed by atoms with van der Waals surface area (Å²) in [7, 11) is 0. The van der Waals surface area contributed by atoms with E-state index in [9.17, 15) is 9.59 Å². The van der Waals surface area contributed by atoms with Crippen molar-refractivity contribution in [2.45, 2.75) is 13.8 Å². The van der Waals surface area contributed by atoms with Crippen LogP contribution in [-0.4, -0.2) is 36.3 Å². The number of ketones is 1. The summed E-state index contributed by atoms with van der Waals surface area (Å²) in [5.41, 5.74) is 0.618. The molecule has 0 saturated carbocycles. The van der Waals surface area contributed by atoms with E-state index in [1.165, 1.54) is 0 Å². The molecule has 0 atom stereocenters. The Bertz CT molecular complexity index is 372. The van der Waals surface area contributed by atoms with E-state index in [2.05, 4.69) is 5.32 Å². The number of amides is 2. The Kier molecular flexibility index (Phi) is 5.20. The van der Waals surface area contributed by atoms with Gasteiger partial charge in [-0.1, -0.05) is 30.3 Å². The number of carbonyl (C=O) groups is 2. The number of carbonyl (C=O) groups excluding carboxylic acids is 2.